The number of halogens is 2. The van der Waals surface area contributed by atoms with E-state index < -0.39 is 0 Å². The summed E-state index contributed by atoms with van der Waals surface area (Å²) in [5.74, 6) is -0.267. The first kappa shape index (κ1) is 16.5. The summed E-state index contributed by atoms with van der Waals surface area (Å²) in [5, 5.41) is 7.16. The number of hydrogen-bond acceptors (Lipinski definition) is 4. The van der Waals surface area contributed by atoms with E-state index >= 15 is 0 Å². The second-order valence-electron chi connectivity index (χ2n) is 5.24. The summed E-state index contributed by atoms with van der Waals surface area (Å²) in [6.07, 6.45) is 0. The summed E-state index contributed by atoms with van der Waals surface area (Å²) < 4.78 is 0.881. The fourth-order valence-electron chi connectivity index (χ4n) is 2.41. The van der Waals surface area contributed by atoms with Crippen LogP contribution < -0.4 is 5.32 Å². The number of aromatic nitrogens is 1. The maximum Gasteiger partial charge on any atom is 0.269 e. The Labute approximate surface area is 161 Å². The SMILES string of the molecule is O=C(Nc1nc(-c2ccccc2)cs1)c1sc2cc(Cl)ccc2c1Cl. The molecule has 0 spiro atoms. The van der Waals surface area contributed by atoms with E-state index in [-0.39, 0.29) is 5.91 Å². The highest BCUT2D eigenvalue weighted by Crippen LogP contribution is 2.37. The first-order valence-corrected chi connectivity index (χ1v) is 9.77. The zero-order valence-electron chi connectivity index (χ0n) is 12.6. The van der Waals surface area contributed by atoms with Crippen LogP contribution in [0.2, 0.25) is 10.0 Å². The highest BCUT2D eigenvalue weighted by atomic mass is 35.5. The third-order valence-corrected chi connectivity index (χ3v) is 6.24. The molecule has 0 saturated carbocycles. The Balaban J connectivity index is 1.60. The average Bonchev–Trinajstić information content (AvgIpc) is 3.20. The predicted molar refractivity (Wildman–Crippen MR) is 107 cm³/mol. The van der Waals surface area contributed by atoms with Crippen molar-refractivity contribution in [3.8, 4) is 11.3 Å². The smallest absolute Gasteiger partial charge is 0.269 e. The van der Waals surface area contributed by atoms with Crippen molar-refractivity contribution in [2.75, 3.05) is 5.32 Å². The lowest BCUT2D eigenvalue weighted by Gasteiger charge is -1.99. The largest absolute Gasteiger partial charge is 0.297 e. The van der Waals surface area contributed by atoms with Gasteiger partial charge in [-0.2, -0.15) is 0 Å². The molecule has 0 aliphatic heterocycles. The van der Waals surface area contributed by atoms with E-state index in [4.69, 9.17) is 23.2 Å². The first-order valence-electron chi connectivity index (χ1n) is 7.31. The molecule has 2 aromatic heterocycles. The number of hydrogen-bond donors (Lipinski definition) is 1. The highest BCUT2D eigenvalue weighted by molar-refractivity contribution is 7.22. The van der Waals surface area contributed by atoms with Gasteiger partial charge in [0.15, 0.2) is 5.13 Å². The van der Waals surface area contributed by atoms with Gasteiger partial charge in [0.25, 0.3) is 5.91 Å². The zero-order chi connectivity index (χ0) is 17.4. The Morgan fingerprint density at radius 1 is 1.08 bits per heavy atom. The minimum atomic E-state index is -0.267. The molecule has 2 heterocycles. The van der Waals surface area contributed by atoms with Crippen LogP contribution in [0.1, 0.15) is 9.67 Å². The molecule has 4 aromatic rings. The molecule has 25 heavy (non-hydrogen) atoms. The predicted octanol–water partition coefficient (Wildman–Crippen LogP) is 6.58. The zero-order valence-corrected chi connectivity index (χ0v) is 15.8. The van der Waals surface area contributed by atoms with E-state index in [1.165, 1.54) is 22.7 Å². The molecule has 0 fully saturated rings. The van der Waals surface area contributed by atoms with Crippen LogP contribution >= 0.6 is 45.9 Å². The van der Waals surface area contributed by atoms with Crippen LogP contribution in [0.25, 0.3) is 21.3 Å². The average molecular weight is 405 g/mol. The number of nitrogens with zero attached hydrogens (tertiary/aromatic N) is 1. The van der Waals surface area contributed by atoms with Crippen molar-refractivity contribution in [1.29, 1.82) is 0 Å². The van der Waals surface area contributed by atoms with Crippen LogP contribution in [0.4, 0.5) is 5.13 Å². The van der Waals surface area contributed by atoms with Crippen LogP contribution in [0.15, 0.2) is 53.9 Å². The number of carbonyl (C=O) groups is 1. The first-order chi connectivity index (χ1) is 12.1. The molecule has 4 rings (SSSR count). The molecule has 1 N–H and O–H groups in total. The van der Waals surface area contributed by atoms with Gasteiger partial charge in [-0.15, -0.1) is 22.7 Å². The second kappa shape index (κ2) is 6.77. The molecule has 0 atom stereocenters. The number of anilines is 1. The van der Waals surface area contributed by atoms with Crippen molar-refractivity contribution < 1.29 is 4.79 Å². The van der Waals surface area contributed by atoms with Gasteiger partial charge in [0.05, 0.1) is 10.7 Å². The Hall–Kier alpha value is -1.92. The minimum absolute atomic E-state index is 0.267. The summed E-state index contributed by atoms with van der Waals surface area (Å²) in [7, 11) is 0. The van der Waals surface area contributed by atoms with Gasteiger partial charge in [-0.05, 0) is 12.1 Å². The van der Waals surface area contributed by atoms with Crippen molar-refractivity contribution in [3.63, 3.8) is 0 Å². The van der Waals surface area contributed by atoms with Crippen LogP contribution in [-0.4, -0.2) is 10.9 Å². The molecule has 3 nitrogen and oxygen atoms in total. The molecule has 0 aliphatic rings. The molecule has 2 aromatic carbocycles. The lowest BCUT2D eigenvalue weighted by Crippen LogP contribution is -2.10. The molecule has 0 saturated heterocycles. The number of fused-ring (bicyclic) bond motifs is 1. The molecular weight excluding hydrogens is 395 g/mol. The molecule has 0 bridgehead atoms. The van der Waals surface area contributed by atoms with Crippen LogP contribution in [-0.2, 0) is 0 Å². The van der Waals surface area contributed by atoms with Gasteiger partial charge in [0.2, 0.25) is 0 Å². The van der Waals surface area contributed by atoms with E-state index in [1.807, 2.05) is 41.8 Å². The summed E-state index contributed by atoms with van der Waals surface area (Å²) in [5.41, 5.74) is 1.84. The van der Waals surface area contributed by atoms with E-state index in [0.29, 0.717) is 20.1 Å². The molecular formula is C18H10Cl2N2OS2. The summed E-state index contributed by atoms with van der Waals surface area (Å²) >= 11 is 15.1. The van der Waals surface area contributed by atoms with Gasteiger partial charge < -0.3 is 0 Å². The maximum atomic E-state index is 12.6. The Bertz CT molecular complexity index is 1070. The van der Waals surface area contributed by atoms with Crippen molar-refractivity contribution in [2.45, 2.75) is 0 Å². The van der Waals surface area contributed by atoms with Crippen LogP contribution in [0.3, 0.4) is 0 Å². The van der Waals surface area contributed by atoms with Crippen molar-refractivity contribution in [2.24, 2.45) is 0 Å². The van der Waals surface area contributed by atoms with Crippen LogP contribution in [0.5, 0.6) is 0 Å². The lowest BCUT2D eigenvalue weighted by molar-refractivity contribution is 0.103. The van der Waals surface area contributed by atoms with E-state index in [0.717, 1.165) is 21.3 Å². The molecule has 0 aliphatic carbocycles. The summed E-state index contributed by atoms with van der Waals surface area (Å²) in [4.78, 5) is 17.5. The van der Waals surface area contributed by atoms with Crippen molar-refractivity contribution >= 4 is 67.0 Å². The molecule has 0 radical (unpaired) electrons. The van der Waals surface area contributed by atoms with E-state index in [9.17, 15) is 4.79 Å². The number of amides is 1. The molecule has 0 unspecified atom stereocenters. The van der Waals surface area contributed by atoms with Gasteiger partial charge in [-0.25, -0.2) is 4.98 Å². The number of benzene rings is 2. The van der Waals surface area contributed by atoms with Gasteiger partial charge in [0.1, 0.15) is 4.88 Å². The Morgan fingerprint density at radius 2 is 1.88 bits per heavy atom. The van der Waals surface area contributed by atoms with Gasteiger partial charge in [-0.3, -0.25) is 10.1 Å². The third kappa shape index (κ3) is 3.28. The monoisotopic (exact) mass is 404 g/mol. The molecule has 124 valence electrons. The number of carbonyl (C=O) groups excluding carboxylic acids is 1. The minimum Gasteiger partial charge on any atom is -0.297 e. The fourth-order valence-corrected chi connectivity index (χ4v) is 4.81. The summed E-state index contributed by atoms with van der Waals surface area (Å²) in [6.45, 7) is 0. The van der Waals surface area contributed by atoms with Gasteiger partial charge in [-0.1, -0.05) is 59.6 Å². The van der Waals surface area contributed by atoms with Crippen LogP contribution in [0, 0.1) is 0 Å². The van der Waals surface area contributed by atoms with E-state index in [2.05, 4.69) is 10.3 Å². The number of thiophene rings is 1. The Morgan fingerprint density at radius 3 is 2.68 bits per heavy atom. The standard InChI is InChI=1S/C18H10Cl2N2OS2/c19-11-6-7-12-14(8-11)25-16(15(12)20)17(23)22-18-21-13(9-24-18)10-4-2-1-3-5-10/h1-9H,(H,21,22,23). The fraction of sp³-hybridized carbons (Fsp3) is 0. The Kier molecular flexibility index (Phi) is 4.48. The summed E-state index contributed by atoms with van der Waals surface area (Å²) in [6, 6.07) is 15.2. The highest BCUT2D eigenvalue weighted by Gasteiger charge is 2.18. The molecule has 7 heteroatoms. The normalized spacial score (nSPS) is 11.0. The number of thiazole rings is 1. The van der Waals surface area contributed by atoms with Crippen molar-refractivity contribution in [3.05, 3.63) is 68.8 Å². The van der Waals surface area contributed by atoms with E-state index in [1.54, 1.807) is 12.1 Å². The number of rotatable bonds is 3. The van der Waals surface area contributed by atoms with Crippen molar-refractivity contribution in [1.82, 2.24) is 4.98 Å². The van der Waals surface area contributed by atoms with Gasteiger partial charge >= 0.3 is 0 Å². The maximum absolute atomic E-state index is 12.6. The lowest BCUT2D eigenvalue weighted by atomic mass is 10.2. The quantitative estimate of drug-likeness (QED) is 0.418. The molecule has 1 amide bonds. The second-order valence-corrected chi connectivity index (χ2v) is 7.97. The number of nitrogens with one attached hydrogen (secondary N) is 1. The van der Waals surface area contributed by atoms with Gasteiger partial charge in [0, 0.05) is 26.1 Å². The third-order valence-electron chi connectivity index (χ3n) is 3.59. The topological polar surface area (TPSA) is 42.0 Å².